The van der Waals surface area contributed by atoms with E-state index in [1.54, 1.807) is 0 Å². The molecule has 0 aromatic heterocycles. The number of halogens is 3. The van der Waals surface area contributed by atoms with Crippen LogP contribution in [0.4, 0.5) is 14.1 Å². The standard InChI is InChI=1S/C10H8.3FH.Na.H/c1-2-6-10-8-4-3-7-9(10)5-1;;;;;/h1-8H;3*1H;;/q;;;;+1;-1. The minimum absolute atomic E-state index is 0. The number of hydrogen-bond acceptors (Lipinski definition) is 0. The van der Waals surface area contributed by atoms with Gasteiger partial charge in [0, 0.05) is 0 Å². The van der Waals surface area contributed by atoms with Gasteiger partial charge in [0.2, 0.25) is 0 Å². The molecular formula is C10H12F3Na. The number of hydrogen-bond donors (Lipinski definition) is 0. The maximum atomic E-state index is 2.12. The van der Waals surface area contributed by atoms with Crippen LogP contribution >= 0.6 is 0 Å². The van der Waals surface area contributed by atoms with Gasteiger partial charge in [0.05, 0.1) is 0 Å². The number of fused-ring (bicyclic) bond motifs is 1. The molecule has 0 radical (unpaired) electrons. The molecule has 0 saturated carbocycles. The van der Waals surface area contributed by atoms with Crippen molar-refractivity contribution in [3.63, 3.8) is 0 Å². The van der Waals surface area contributed by atoms with Gasteiger partial charge < -0.3 is 1.43 Å². The summed E-state index contributed by atoms with van der Waals surface area (Å²) in [6, 6.07) is 16.7. The third-order valence-corrected chi connectivity index (χ3v) is 1.66. The second kappa shape index (κ2) is 9.06. The zero-order chi connectivity index (χ0) is 6.81. The van der Waals surface area contributed by atoms with Crippen molar-refractivity contribution in [2.45, 2.75) is 0 Å². The van der Waals surface area contributed by atoms with Crippen LogP contribution in [0.25, 0.3) is 10.8 Å². The third-order valence-electron chi connectivity index (χ3n) is 1.66. The number of rotatable bonds is 0. The molecule has 0 aliphatic carbocycles. The van der Waals surface area contributed by atoms with Gasteiger partial charge in [0.1, 0.15) is 0 Å². The molecule has 0 saturated heterocycles. The first-order chi connectivity index (χ1) is 4.97. The molecule has 14 heavy (non-hydrogen) atoms. The van der Waals surface area contributed by atoms with E-state index in [2.05, 4.69) is 48.5 Å². The van der Waals surface area contributed by atoms with Gasteiger partial charge in [-0.05, 0) is 10.8 Å². The van der Waals surface area contributed by atoms with Crippen LogP contribution in [0.2, 0.25) is 0 Å². The molecule has 2 aromatic carbocycles. The molecule has 0 nitrogen and oxygen atoms in total. The Morgan fingerprint density at radius 3 is 1.00 bits per heavy atom. The molecule has 0 fully saturated rings. The van der Waals surface area contributed by atoms with E-state index < -0.39 is 0 Å². The van der Waals surface area contributed by atoms with Crippen LogP contribution < -0.4 is 29.6 Å². The molecule has 0 atom stereocenters. The van der Waals surface area contributed by atoms with E-state index in [4.69, 9.17) is 0 Å². The van der Waals surface area contributed by atoms with Crippen molar-refractivity contribution in [1.29, 1.82) is 0 Å². The Hall–Kier alpha value is -0.510. The van der Waals surface area contributed by atoms with Crippen LogP contribution in [-0.2, 0) is 0 Å². The summed E-state index contributed by atoms with van der Waals surface area (Å²) in [4.78, 5) is 0. The first-order valence-corrected chi connectivity index (χ1v) is 3.40. The minimum atomic E-state index is 0. The van der Waals surface area contributed by atoms with E-state index in [9.17, 15) is 0 Å². The van der Waals surface area contributed by atoms with Gasteiger partial charge in [-0.3, -0.25) is 14.1 Å². The van der Waals surface area contributed by atoms with Crippen LogP contribution in [0.15, 0.2) is 48.5 Å². The summed E-state index contributed by atoms with van der Waals surface area (Å²) in [7, 11) is 0. The quantitative estimate of drug-likeness (QED) is 0.555. The first kappa shape index (κ1) is 19.1. The average Bonchev–Trinajstić information content (AvgIpc) is 2.05. The molecule has 0 amide bonds. The molecule has 0 aliphatic rings. The summed E-state index contributed by atoms with van der Waals surface area (Å²) < 4.78 is 0. The predicted octanol–water partition coefficient (Wildman–Crippen LogP) is 0.414. The zero-order valence-corrected chi connectivity index (χ0v) is 9.84. The Balaban J connectivity index is -0.000000121. The maximum Gasteiger partial charge on any atom is 1.00 e. The first-order valence-electron chi connectivity index (χ1n) is 3.40. The molecule has 0 unspecified atom stereocenters. The Kier molecular flexibility index (Phi) is 12.4. The van der Waals surface area contributed by atoms with Crippen molar-refractivity contribution in [2.75, 3.05) is 0 Å². The molecule has 2 rings (SSSR count). The SMILES string of the molecule is F.F.F.[H-].[Na+].c1ccc2ccccc2c1. The van der Waals surface area contributed by atoms with Crippen LogP contribution in [0.5, 0.6) is 0 Å². The fourth-order valence-corrected chi connectivity index (χ4v) is 1.13. The Labute approximate surface area is 104 Å². The summed E-state index contributed by atoms with van der Waals surface area (Å²) in [5, 5.41) is 2.62. The van der Waals surface area contributed by atoms with Crippen LogP contribution in [0.3, 0.4) is 0 Å². The van der Waals surface area contributed by atoms with Crippen molar-refractivity contribution in [3.8, 4) is 0 Å². The predicted molar refractivity (Wildman–Crippen MR) is 52.6 cm³/mol. The van der Waals surface area contributed by atoms with Crippen molar-refractivity contribution < 1.29 is 45.1 Å². The molecule has 74 valence electrons. The van der Waals surface area contributed by atoms with Crippen molar-refractivity contribution in [1.82, 2.24) is 0 Å². The Morgan fingerprint density at radius 1 is 0.571 bits per heavy atom. The second-order valence-corrected chi connectivity index (χ2v) is 2.35. The number of benzene rings is 2. The average molecular weight is 212 g/mol. The monoisotopic (exact) mass is 212 g/mol. The molecule has 0 spiro atoms. The molecule has 0 aliphatic heterocycles. The van der Waals surface area contributed by atoms with Crippen molar-refractivity contribution >= 4 is 10.8 Å². The van der Waals surface area contributed by atoms with E-state index in [1.165, 1.54) is 10.8 Å². The van der Waals surface area contributed by atoms with Gasteiger partial charge in [-0.25, -0.2) is 0 Å². The summed E-state index contributed by atoms with van der Waals surface area (Å²) >= 11 is 0. The van der Waals surface area contributed by atoms with Gasteiger partial charge in [0.25, 0.3) is 0 Å². The minimum Gasteiger partial charge on any atom is -1.00 e. The third kappa shape index (κ3) is 4.13. The summed E-state index contributed by atoms with van der Waals surface area (Å²) in [5.41, 5.74) is 0. The fourth-order valence-electron chi connectivity index (χ4n) is 1.13. The van der Waals surface area contributed by atoms with Gasteiger partial charge in [-0.2, -0.15) is 0 Å². The summed E-state index contributed by atoms with van der Waals surface area (Å²) in [6.45, 7) is 0. The van der Waals surface area contributed by atoms with E-state index in [0.717, 1.165) is 0 Å². The van der Waals surface area contributed by atoms with E-state index in [-0.39, 0.29) is 45.1 Å². The van der Waals surface area contributed by atoms with Gasteiger partial charge in [0.15, 0.2) is 0 Å². The molecule has 0 bridgehead atoms. The summed E-state index contributed by atoms with van der Waals surface area (Å²) in [5.74, 6) is 0. The topological polar surface area (TPSA) is 0 Å². The van der Waals surface area contributed by atoms with Gasteiger partial charge >= 0.3 is 29.6 Å². The van der Waals surface area contributed by atoms with E-state index >= 15 is 0 Å². The normalized spacial score (nSPS) is 7.14. The van der Waals surface area contributed by atoms with Crippen LogP contribution in [-0.4, -0.2) is 0 Å². The van der Waals surface area contributed by atoms with Crippen molar-refractivity contribution in [2.24, 2.45) is 0 Å². The van der Waals surface area contributed by atoms with Crippen LogP contribution in [0, 0.1) is 0 Å². The largest absolute Gasteiger partial charge is 1.00 e. The zero-order valence-electron chi connectivity index (χ0n) is 8.84. The van der Waals surface area contributed by atoms with Gasteiger partial charge in [-0.15, -0.1) is 0 Å². The Morgan fingerprint density at radius 2 is 0.786 bits per heavy atom. The second-order valence-electron chi connectivity index (χ2n) is 2.35. The smallest absolute Gasteiger partial charge is 1.00 e. The summed E-state index contributed by atoms with van der Waals surface area (Å²) in [6.07, 6.45) is 0. The van der Waals surface area contributed by atoms with E-state index in [1.807, 2.05) is 0 Å². The van der Waals surface area contributed by atoms with Crippen molar-refractivity contribution in [3.05, 3.63) is 48.5 Å². The van der Waals surface area contributed by atoms with E-state index in [0.29, 0.717) is 0 Å². The molecule has 2 aromatic rings. The van der Waals surface area contributed by atoms with Crippen LogP contribution in [0.1, 0.15) is 1.43 Å². The Bertz CT molecular complexity index is 292. The maximum absolute atomic E-state index is 2.12. The molecular weight excluding hydrogens is 200 g/mol. The fraction of sp³-hybridized carbons (Fsp3) is 0. The molecule has 0 N–H and O–H groups in total. The van der Waals surface area contributed by atoms with Gasteiger partial charge in [-0.1, -0.05) is 48.5 Å². The molecule has 4 heteroatoms. The molecule has 0 heterocycles.